The molecule has 1 amide bonds. The first-order valence-corrected chi connectivity index (χ1v) is 12.3. The van der Waals surface area contributed by atoms with E-state index in [0.29, 0.717) is 49.8 Å². The van der Waals surface area contributed by atoms with Crippen LogP contribution >= 0.6 is 0 Å². The summed E-state index contributed by atoms with van der Waals surface area (Å²) in [5.41, 5.74) is 0.661. The second-order valence-electron chi connectivity index (χ2n) is 7.93. The van der Waals surface area contributed by atoms with Crippen LogP contribution in [-0.4, -0.2) is 59.1 Å². The zero-order chi connectivity index (χ0) is 21.1. The maximum Gasteiger partial charge on any atom is 0.254 e. The third-order valence-electron chi connectivity index (χ3n) is 6.09. The molecule has 2 aromatic rings. The molecule has 30 heavy (non-hydrogen) atoms. The van der Waals surface area contributed by atoms with E-state index in [2.05, 4.69) is 10.2 Å². The molecule has 0 N–H and O–H groups in total. The molecule has 2 saturated heterocycles. The minimum atomic E-state index is -3.16. The summed E-state index contributed by atoms with van der Waals surface area (Å²) in [6, 6.07) is 9.06. The summed E-state index contributed by atoms with van der Waals surface area (Å²) in [7, 11) is -3.16. The summed E-state index contributed by atoms with van der Waals surface area (Å²) in [5.74, 6) is 1.19. The number of hydrogen-bond donors (Lipinski definition) is 0. The van der Waals surface area contributed by atoms with Crippen LogP contribution in [0.3, 0.4) is 0 Å². The highest BCUT2D eigenvalue weighted by Crippen LogP contribution is 2.34. The van der Waals surface area contributed by atoms with Crippen LogP contribution in [0.4, 0.5) is 0 Å². The largest absolute Gasteiger partial charge is 0.423 e. The quantitative estimate of drug-likeness (QED) is 0.721. The molecule has 0 aliphatic carbocycles. The Morgan fingerprint density at radius 3 is 2.43 bits per heavy atom. The number of aromatic nitrogens is 2. The Balaban J connectivity index is 1.47. The Labute approximate surface area is 177 Å². The number of carbonyl (C=O) groups is 1. The van der Waals surface area contributed by atoms with Crippen LogP contribution in [0.2, 0.25) is 0 Å². The standard InChI is InChI=1S/C21H28N4O4S/c1-2-30(27,28)24-14-11-16(12-15-24)19-22-23-20(29-19)18-10-6-7-13-25(18)21(26)17-8-4-3-5-9-17/h3-5,8-9,16,18H,2,6-7,10-15H2,1H3. The van der Waals surface area contributed by atoms with E-state index in [1.165, 1.54) is 0 Å². The van der Waals surface area contributed by atoms with E-state index < -0.39 is 10.0 Å². The zero-order valence-corrected chi connectivity index (χ0v) is 18.1. The van der Waals surface area contributed by atoms with Crippen LogP contribution in [-0.2, 0) is 10.0 Å². The van der Waals surface area contributed by atoms with Crippen molar-refractivity contribution in [3.8, 4) is 0 Å². The van der Waals surface area contributed by atoms with E-state index >= 15 is 0 Å². The van der Waals surface area contributed by atoms with Crippen molar-refractivity contribution in [3.05, 3.63) is 47.7 Å². The number of rotatable bonds is 5. The van der Waals surface area contributed by atoms with Crippen LogP contribution in [0.15, 0.2) is 34.7 Å². The Kier molecular flexibility index (Phi) is 6.19. The lowest BCUT2D eigenvalue weighted by atomic mass is 9.98. The Morgan fingerprint density at radius 1 is 1.03 bits per heavy atom. The fraction of sp³-hybridized carbons (Fsp3) is 0.571. The summed E-state index contributed by atoms with van der Waals surface area (Å²) in [4.78, 5) is 14.9. The second-order valence-corrected chi connectivity index (χ2v) is 10.2. The number of benzene rings is 1. The molecule has 0 radical (unpaired) electrons. The molecular weight excluding hydrogens is 404 g/mol. The van der Waals surface area contributed by atoms with E-state index in [1.807, 2.05) is 35.2 Å². The maximum absolute atomic E-state index is 13.0. The van der Waals surface area contributed by atoms with Gasteiger partial charge in [-0.15, -0.1) is 10.2 Å². The zero-order valence-electron chi connectivity index (χ0n) is 17.2. The Hall–Kier alpha value is -2.26. The molecule has 4 rings (SSSR count). The van der Waals surface area contributed by atoms with Gasteiger partial charge in [0.05, 0.1) is 5.75 Å². The SMILES string of the molecule is CCS(=O)(=O)N1CCC(c2nnc(C3CCCCN3C(=O)c3ccccc3)o2)CC1. The van der Waals surface area contributed by atoms with Crippen molar-refractivity contribution in [2.75, 3.05) is 25.4 Å². The Morgan fingerprint density at radius 2 is 1.73 bits per heavy atom. The molecule has 1 aromatic carbocycles. The van der Waals surface area contributed by atoms with Gasteiger partial charge in [0.1, 0.15) is 6.04 Å². The molecule has 162 valence electrons. The van der Waals surface area contributed by atoms with Gasteiger partial charge in [-0.3, -0.25) is 4.79 Å². The van der Waals surface area contributed by atoms with Gasteiger partial charge in [0.25, 0.3) is 5.91 Å². The van der Waals surface area contributed by atoms with E-state index in [9.17, 15) is 13.2 Å². The monoisotopic (exact) mass is 432 g/mol. The molecule has 2 aliphatic heterocycles. The smallest absolute Gasteiger partial charge is 0.254 e. The van der Waals surface area contributed by atoms with Gasteiger partial charge >= 0.3 is 0 Å². The second kappa shape index (κ2) is 8.85. The summed E-state index contributed by atoms with van der Waals surface area (Å²) >= 11 is 0. The lowest BCUT2D eigenvalue weighted by Gasteiger charge is -2.33. The van der Waals surface area contributed by atoms with E-state index in [1.54, 1.807) is 11.2 Å². The number of amides is 1. The lowest BCUT2D eigenvalue weighted by Crippen LogP contribution is -2.39. The number of likely N-dealkylation sites (tertiary alicyclic amines) is 1. The molecule has 1 unspecified atom stereocenters. The molecule has 0 bridgehead atoms. The molecule has 1 atom stereocenters. The average molecular weight is 433 g/mol. The van der Waals surface area contributed by atoms with Crippen molar-refractivity contribution in [2.45, 2.75) is 51.0 Å². The summed E-state index contributed by atoms with van der Waals surface area (Å²) in [6.07, 6.45) is 4.10. The molecule has 9 heteroatoms. The Bertz CT molecular complexity index is 968. The van der Waals surface area contributed by atoms with Gasteiger partial charge in [-0.25, -0.2) is 12.7 Å². The van der Waals surface area contributed by atoms with Crippen molar-refractivity contribution in [1.29, 1.82) is 0 Å². The van der Waals surface area contributed by atoms with Crippen molar-refractivity contribution in [3.63, 3.8) is 0 Å². The fourth-order valence-electron chi connectivity index (χ4n) is 4.29. The predicted molar refractivity (Wildman–Crippen MR) is 111 cm³/mol. The third kappa shape index (κ3) is 4.27. The third-order valence-corrected chi connectivity index (χ3v) is 7.97. The van der Waals surface area contributed by atoms with Crippen LogP contribution in [0.25, 0.3) is 0 Å². The minimum Gasteiger partial charge on any atom is -0.423 e. The normalized spacial score (nSPS) is 21.6. The van der Waals surface area contributed by atoms with Gasteiger partial charge in [-0.1, -0.05) is 18.2 Å². The van der Waals surface area contributed by atoms with Crippen molar-refractivity contribution in [2.24, 2.45) is 0 Å². The van der Waals surface area contributed by atoms with Gasteiger partial charge in [0, 0.05) is 31.1 Å². The van der Waals surface area contributed by atoms with Crippen molar-refractivity contribution in [1.82, 2.24) is 19.4 Å². The molecule has 8 nitrogen and oxygen atoms in total. The van der Waals surface area contributed by atoms with Gasteiger partial charge in [-0.2, -0.15) is 0 Å². The van der Waals surface area contributed by atoms with Gasteiger partial charge < -0.3 is 9.32 Å². The average Bonchev–Trinajstić information content (AvgIpc) is 3.29. The fourth-order valence-corrected chi connectivity index (χ4v) is 5.42. The minimum absolute atomic E-state index is 0.0156. The van der Waals surface area contributed by atoms with E-state index in [-0.39, 0.29) is 23.6 Å². The van der Waals surface area contributed by atoms with Crippen LogP contribution in [0, 0.1) is 0 Å². The lowest BCUT2D eigenvalue weighted by molar-refractivity contribution is 0.0568. The first-order valence-electron chi connectivity index (χ1n) is 10.7. The van der Waals surface area contributed by atoms with Crippen molar-refractivity contribution >= 4 is 15.9 Å². The highest BCUT2D eigenvalue weighted by atomic mass is 32.2. The van der Waals surface area contributed by atoms with E-state index in [4.69, 9.17) is 4.42 Å². The van der Waals surface area contributed by atoms with Crippen LogP contribution in [0.5, 0.6) is 0 Å². The summed E-state index contributed by atoms with van der Waals surface area (Å²) in [5, 5.41) is 8.55. The number of hydrogen-bond acceptors (Lipinski definition) is 6. The first-order chi connectivity index (χ1) is 14.5. The number of sulfonamides is 1. The number of piperidine rings is 2. The molecule has 1 aromatic heterocycles. The van der Waals surface area contributed by atoms with Gasteiger partial charge in [0.15, 0.2) is 0 Å². The summed E-state index contributed by atoms with van der Waals surface area (Å²) in [6.45, 7) is 3.28. The highest BCUT2D eigenvalue weighted by Gasteiger charge is 2.34. The molecule has 0 saturated carbocycles. The van der Waals surface area contributed by atoms with Crippen LogP contribution < -0.4 is 0 Å². The molecule has 3 heterocycles. The summed E-state index contributed by atoms with van der Waals surface area (Å²) < 4.78 is 31.7. The van der Waals surface area contributed by atoms with Gasteiger partial charge in [0.2, 0.25) is 21.8 Å². The van der Waals surface area contributed by atoms with E-state index in [0.717, 1.165) is 19.3 Å². The number of nitrogens with zero attached hydrogens (tertiary/aromatic N) is 4. The molecular formula is C21H28N4O4S. The highest BCUT2D eigenvalue weighted by molar-refractivity contribution is 7.89. The molecule has 2 aliphatic rings. The molecule has 2 fully saturated rings. The molecule has 0 spiro atoms. The van der Waals surface area contributed by atoms with Crippen LogP contribution in [0.1, 0.15) is 73.1 Å². The number of carbonyl (C=O) groups excluding carboxylic acids is 1. The van der Waals surface area contributed by atoms with Crippen molar-refractivity contribution < 1.29 is 17.6 Å². The predicted octanol–water partition coefficient (Wildman–Crippen LogP) is 2.97. The maximum atomic E-state index is 13.0. The van der Waals surface area contributed by atoms with Gasteiger partial charge in [-0.05, 0) is 51.2 Å². The topological polar surface area (TPSA) is 96.6 Å². The first kappa shape index (κ1) is 21.0.